The van der Waals surface area contributed by atoms with E-state index in [4.69, 9.17) is 9.27 Å². The van der Waals surface area contributed by atoms with Gasteiger partial charge in [0.15, 0.2) is 7.28 Å². The second kappa shape index (κ2) is 9.82. The lowest BCUT2D eigenvalue weighted by Gasteiger charge is -2.37. The van der Waals surface area contributed by atoms with E-state index in [1.807, 2.05) is 24.3 Å². The topological polar surface area (TPSA) is 26.5 Å². The number of para-hydroxylation sites is 1. The Balaban J connectivity index is 1.87. The molecular weight excluding hydrogens is 539 g/mol. The third kappa shape index (κ3) is 4.67. The van der Waals surface area contributed by atoms with Gasteiger partial charge in [0.1, 0.15) is 5.75 Å². The summed E-state index contributed by atoms with van der Waals surface area (Å²) in [5.41, 5.74) is 5.89. The summed E-state index contributed by atoms with van der Waals surface area (Å²) in [5, 5.41) is 3.40. The summed E-state index contributed by atoms with van der Waals surface area (Å²) in [5.74, 6) is 0.822. The zero-order chi connectivity index (χ0) is 26.4. The molecule has 0 aliphatic carbocycles. The molecule has 1 heterocycles. The molecule has 1 atom stereocenters. The molecule has 0 saturated carbocycles. The van der Waals surface area contributed by atoms with Crippen LogP contribution in [0.2, 0.25) is 0 Å². The SMILES string of the molecule is CCn1c2ccccc2c2cc(P(=Nc3ccc(C)cc3C)(Oc3cccc(Br)c3)C(C)(C)C)ccc21. The first kappa shape index (κ1) is 25.8. The Labute approximate surface area is 228 Å². The fourth-order valence-electron chi connectivity index (χ4n) is 5.12. The van der Waals surface area contributed by atoms with Crippen LogP contribution in [-0.4, -0.2) is 9.72 Å². The Morgan fingerprint density at radius 3 is 2.30 bits per heavy atom. The number of rotatable bonds is 5. The summed E-state index contributed by atoms with van der Waals surface area (Å²) in [4.78, 5) is 0. The highest BCUT2D eigenvalue weighted by Crippen LogP contribution is 2.62. The van der Waals surface area contributed by atoms with E-state index in [9.17, 15) is 0 Å². The van der Waals surface area contributed by atoms with Crippen LogP contribution in [0.25, 0.3) is 21.8 Å². The van der Waals surface area contributed by atoms with Gasteiger partial charge < -0.3 is 9.09 Å². The fourth-order valence-corrected chi connectivity index (χ4v) is 8.64. The molecule has 5 aromatic rings. The average Bonchev–Trinajstić information content (AvgIpc) is 3.17. The normalized spacial score (nSPS) is 13.6. The number of hydrogen-bond acceptors (Lipinski definition) is 2. The number of hydrogen-bond donors (Lipinski definition) is 0. The lowest BCUT2D eigenvalue weighted by atomic mass is 10.1. The van der Waals surface area contributed by atoms with E-state index in [2.05, 4.69) is 123 Å². The molecule has 1 unspecified atom stereocenters. The van der Waals surface area contributed by atoms with Crippen LogP contribution >= 0.6 is 23.2 Å². The van der Waals surface area contributed by atoms with Gasteiger partial charge in [0.05, 0.1) is 5.69 Å². The maximum Gasteiger partial charge on any atom is 0.173 e. The van der Waals surface area contributed by atoms with Crippen molar-refractivity contribution in [2.24, 2.45) is 4.74 Å². The zero-order valence-corrected chi connectivity index (χ0v) is 24.9. The van der Waals surface area contributed by atoms with E-state index in [-0.39, 0.29) is 5.16 Å². The minimum absolute atomic E-state index is 0.260. The average molecular weight is 574 g/mol. The number of fused-ring (bicyclic) bond motifs is 3. The maximum atomic E-state index is 7.12. The molecule has 0 aliphatic heterocycles. The molecule has 3 nitrogen and oxygen atoms in total. The molecule has 0 spiro atoms. The third-order valence-corrected chi connectivity index (χ3v) is 11.2. The van der Waals surface area contributed by atoms with Gasteiger partial charge >= 0.3 is 0 Å². The molecule has 4 aromatic carbocycles. The molecule has 0 fully saturated rings. The van der Waals surface area contributed by atoms with Crippen LogP contribution in [0.3, 0.4) is 0 Å². The van der Waals surface area contributed by atoms with Crippen molar-refractivity contribution in [3.8, 4) is 5.75 Å². The second-order valence-corrected chi connectivity index (χ2v) is 15.0. The lowest BCUT2D eigenvalue weighted by Crippen LogP contribution is -2.27. The number of aryl methyl sites for hydroxylation is 3. The van der Waals surface area contributed by atoms with Crippen molar-refractivity contribution in [2.75, 3.05) is 0 Å². The Morgan fingerprint density at radius 1 is 0.838 bits per heavy atom. The van der Waals surface area contributed by atoms with Crippen LogP contribution in [0.5, 0.6) is 5.75 Å². The highest BCUT2D eigenvalue weighted by atomic mass is 79.9. The molecule has 5 heteroatoms. The number of aromatic nitrogens is 1. The minimum atomic E-state index is -2.62. The van der Waals surface area contributed by atoms with Crippen molar-refractivity contribution in [1.82, 2.24) is 4.57 Å². The van der Waals surface area contributed by atoms with E-state index in [1.165, 1.54) is 27.4 Å². The van der Waals surface area contributed by atoms with Crippen molar-refractivity contribution >= 4 is 56.0 Å². The van der Waals surface area contributed by atoms with Crippen LogP contribution < -0.4 is 9.83 Å². The van der Waals surface area contributed by atoms with Crippen molar-refractivity contribution in [3.05, 3.63) is 101 Å². The highest BCUT2D eigenvalue weighted by molar-refractivity contribution is 9.10. The molecule has 0 aliphatic rings. The van der Waals surface area contributed by atoms with E-state index < -0.39 is 7.28 Å². The molecule has 0 amide bonds. The van der Waals surface area contributed by atoms with Crippen molar-refractivity contribution in [3.63, 3.8) is 0 Å². The zero-order valence-electron chi connectivity index (χ0n) is 22.4. The Hall–Kier alpha value is -2.81. The van der Waals surface area contributed by atoms with Crippen LogP contribution in [0.1, 0.15) is 38.8 Å². The van der Waals surface area contributed by atoms with Gasteiger partial charge in [-0.3, -0.25) is 0 Å². The van der Waals surface area contributed by atoms with Crippen molar-refractivity contribution in [1.29, 1.82) is 0 Å². The van der Waals surface area contributed by atoms with Crippen LogP contribution in [0, 0.1) is 13.8 Å². The van der Waals surface area contributed by atoms with E-state index in [1.54, 1.807) is 0 Å². The summed E-state index contributed by atoms with van der Waals surface area (Å²) < 4.78 is 16.1. The van der Waals surface area contributed by atoms with Gasteiger partial charge in [-0.05, 0) is 74.9 Å². The summed E-state index contributed by atoms with van der Waals surface area (Å²) in [6.07, 6.45) is 0. The molecule has 0 bridgehead atoms. The number of benzene rings is 4. The van der Waals surface area contributed by atoms with E-state index in [0.29, 0.717) is 0 Å². The first-order valence-corrected chi connectivity index (χ1v) is 15.2. The number of nitrogens with zero attached hydrogens (tertiary/aromatic N) is 2. The van der Waals surface area contributed by atoms with Crippen molar-refractivity contribution < 1.29 is 4.52 Å². The van der Waals surface area contributed by atoms with Gasteiger partial charge in [0.25, 0.3) is 0 Å². The monoisotopic (exact) mass is 572 g/mol. The summed E-state index contributed by atoms with van der Waals surface area (Å²) >= 11 is 3.63. The van der Waals surface area contributed by atoms with Gasteiger partial charge in [-0.15, -0.1) is 0 Å². The van der Waals surface area contributed by atoms with Crippen LogP contribution in [0.15, 0.2) is 94.1 Å². The minimum Gasteiger partial charge on any atom is -0.455 e. The third-order valence-electron chi connectivity index (χ3n) is 6.97. The molecule has 0 radical (unpaired) electrons. The first-order chi connectivity index (χ1) is 17.6. The predicted molar refractivity (Wildman–Crippen MR) is 164 cm³/mol. The molecule has 5 rings (SSSR count). The van der Waals surface area contributed by atoms with Crippen LogP contribution in [-0.2, 0) is 6.54 Å². The largest absolute Gasteiger partial charge is 0.455 e. The standard InChI is InChI=1S/C32H34BrN2OP/c1-7-35-30-14-9-8-13-27(30)28-21-26(16-18-31(28)35)37(32(4,5)6,36-25-12-10-11-24(33)20-25)34-29-17-15-22(2)19-23(29)3/h8-21H,7H2,1-6H3. The molecular formula is C32H34BrN2OP. The van der Waals surface area contributed by atoms with E-state index >= 15 is 0 Å². The molecule has 1 aromatic heterocycles. The Bertz CT molecular complexity index is 1680. The van der Waals surface area contributed by atoms with Crippen molar-refractivity contribution in [2.45, 2.75) is 53.2 Å². The van der Waals surface area contributed by atoms with Gasteiger partial charge in [-0.2, -0.15) is 0 Å². The van der Waals surface area contributed by atoms with Gasteiger partial charge in [0, 0.05) is 43.3 Å². The summed E-state index contributed by atoms with van der Waals surface area (Å²) in [6, 6.07) is 30.1. The van der Waals surface area contributed by atoms with Gasteiger partial charge in [-0.1, -0.05) is 78.7 Å². The second-order valence-electron chi connectivity index (χ2n) is 10.6. The van der Waals surface area contributed by atoms with Gasteiger partial charge in [-0.25, -0.2) is 4.74 Å². The summed E-state index contributed by atoms with van der Waals surface area (Å²) in [6.45, 7) is 14.2. The van der Waals surface area contributed by atoms with E-state index in [0.717, 1.165) is 33.3 Å². The number of halogens is 1. The quantitative estimate of drug-likeness (QED) is 0.192. The Kier molecular flexibility index (Phi) is 6.85. The fraction of sp³-hybridized carbons (Fsp3) is 0.250. The highest BCUT2D eigenvalue weighted by Gasteiger charge is 2.39. The molecule has 37 heavy (non-hydrogen) atoms. The maximum absolute atomic E-state index is 7.12. The molecule has 0 saturated heterocycles. The van der Waals surface area contributed by atoms with Crippen LogP contribution in [0.4, 0.5) is 5.69 Å². The molecule has 0 N–H and O–H groups in total. The molecule has 190 valence electrons. The predicted octanol–water partition coefficient (Wildman–Crippen LogP) is 10.1. The smallest absolute Gasteiger partial charge is 0.173 e. The lowest BCUT2D eigenvalue weighted by molar-refractivity contribution is 0.570. The summed E-state index contributed by atoms with van der Waals surface area (Å²) in [7, 11) is -2.62. The van der Waals surface area contributed by atoms with Gasteiger partial charge in [0.2, 0.25) is 0 Å². The first-order valence-electron chi connectivity index (χ1n) is 12.8. The Morgan fingerprint density at radius 2 is 1.59 bits per heavy atom.